The van der Waals surface area contributed by atoms with Crippen molar-refractivity contribution >= 4 is 26.0 Å². The third-order valence-electron chi connectivity index (χ3n) is 2.34. The lowest BCUT2D eigenvalue weighted by Crippen LogP contribution is -2.23. The maximum Gasteiger partial charge on any atom is 0.274 e. The number of furan rings is 1. The summed E-state index contributed by atoms with van der Waals surface area (Å²) in [6.07, 6.45) is 1.38. The molecule has 0 spiro atoms. The largest absolute Gasteiger partial charge is 0.451 e. The molecule has 2 aromatic rings. The molecule has 2 rings (SSSR count). The summed E-state index contributed by atoms with van der Waals surface area (Å²) in [6.45, 7) is 2.04. The predicted molar refractivity (Wildman–Crippen MR) is 72.7 cm³/mol. The van der Waals surface area contributed by atoms with E-state index in [4.69, 9.17) is 4.42 Å². The highest BCUT2D eigenvalue weighted by Gasteiger charge is 2.22. The number of benzene rings is 1. The fraction of sp³-hybridized carbons (Fsp3) is 0.167. The molecule has 0 atom stereocenters. The molecule has 6 heteroatoms. The van der Waals surface area contributed by atoms with Gasteiger partial charge in [0.2, 0.25) is 5.09 Å². The van der Waals surface area contributed by atoms with Gasteiger partial charge in [0.15, 0.2) is 0 Å². The van der Waals surface area contributed by atoms with Gasteiger partial charge in [0.1, 0.15) is 0 Å². The third-order valence-corrected chi connectivity index (χ3v) is 4.31. The molecule has 0 saturated heterocycles. The molecule has 0 saturated carbocycles. The molecule has 0 radical (unpaired) electrons. The normalized spacial score (nSPS) is 11.7. The van der Waals surface area contributed by atoms with Crippen molar-refractivity contribution in [2.45, 2.75) is 12.0 Å². The highest BCUT2D eigenvalue weighted by atomic mass is 79.9. The van der Waals surface area contributed by atoms with Crippen molar-refractivity contribution < 1.29 is 12.8 Å². The highest BCUT2D eigenvalue weighted by molar-refractivity contribution is 9.10. The quantitative estimate of drug-likeness (QED) is 0.937. The van der Waals surface area contributed by atoms with Crippen molar-refractivity contribution in [2.75, 3.05) is 6.54 Å². The van der Waals surface area contributed by atoms with E-state index in [2.05, 4.69) is 20.7 Å². The van der Waals surface area contributed by atoms with Crippen LogP contribution in [0.5, 0.6) is 0 Å². The van der Waals surface area contributed by atoms with Gasteiger partial charge < -0.3 is 4.42 Å². The Morgan fingerprint density at radius 1 is 1.33 bits per heavy atom. The van der Waals surface area contributed by atoms with Gasteiger partial charge in [-0.3, -0.25) is 0 Å². The summed E-state index contributed by atoms with van der Waals surface area (Å²) in [5.41, 5.74) is 1.34. The van der Waals surface area contributed by atoms with E-state index in [1.807, 2.05) is 24.3 Å². The molecule has 0 bridgehead atoms. The Kier molecular flexibility index (Phi) is 3.89. The molecule has 1 aromatic carbocycles. The SMILES string of the molecule is CCNS(=O)(=O)c1occc1-c1cccc(Br)c1. The number of sulfonamides is 1. The lowest BCUT2D eigenvalue weighted by atomic mass is 10.1. The average Bonchev–Trinajstić information content (AvgIpc) is 2.78. The van der Waals surface area contributed by atoms with Crippen molar-refractivity contribution in [3.05, 3.63) is 41.1 Å². The van der Waals surface area contributed by atoms with Crippen molar-refractivity contribution in [1.29, 1.82) is 0 Å². The van der Waals surface area contributed by atoms with Crippen LogP contribution in [0.3, 0.4) is 0 Å². The molecule has 0 unspecified atom stereocenters. The van der Waals surface area contributed by atoms with E-state index in [1.54, 1.807) is 13.0 Å². The van der Waals surface area contributed by atoms with Gasteiger partial charge in [0.05, 0.1) is 6.26 Å². The molecule has 0 aliphatic heterocycles. The van der Waals surface area contributed by atoms with Crippen LogP contribution in [-0.2, 0) is 10.0 Å². The van der Waals surface area contributed by atoms with Crippen LogP contribution in [0, 0.1) is 0 Å². The molecule has 18 heavy (non-hydrogen) atoms. The maximum absolute atomic E-state index is 12.0. The van der Waals surface area contributed by atoms with E-state index in [-0.39, 0.29) is 5.09 Å². The van der Waals surface area contributed by atoms with Gasteiger partial charge in [-0.2, -0.15) is 0 Å². The summed E-state index contributed by atoms with van der Waals surface area (Å²) < 4.78 is 32.3. The van der Waals surface area contributed by atoms with Gasteiger partial charge in [-0.05, 0) is 23.8 Å². The van der Waals surface area contributed by atoms with E-state index < -0.39 is 10.0 Å². The van der Waals surface area contributed by atoms with Crippen LogP contribution < -0.4 is 4.72 Å². The molecule has 1 N–H and O–H groups in total. The number of hydrogen-bond acceptors (Lipinski definition) is 3. The van der Waals surface area contributed by atoms with Crippen molar-refractivity contribution in [3.8, 4) is 11.1 Å². The summed E-state index contributed by atoms with van der Waals surface area (Å²) in [5.74, 6) is 0. The second-order valence-electron chi connectivity index (χ2n) is 3.63. The molecule has 1 aromatic heterocycles. The van der Waals surface area contributed by atoms with Crippen LogP contribution in [0.15, 0.2) is 50.6 Å². The molecule has 0 aliphatic carbocycles. The summed E-state index contributed by atoms with van der Waals surface area (Å²) in [4.78, 5) is 0. The Balaban J connectivity index is 2.52. The van der Waals surface area contributed by atoms with E-state index in [9.17, 15) is 8.42 Å². The minimum atomic E-state index is -3.59. The fourth-order valence-electron chi connectivity index (χ4n) is 1.63. The molecule has 0 amide bonds. The first-order valence-electron chi connectivity index (χ1n) is 5.37. The van der Waals surface area contributed by atoms with Crippen molar-refractivity contribution in [1.82, 2.24) is 4.72 Å². The molecule has 96 valence electrons. The van der Waals surface area contributed by atoms with Gasteiger partial charge in [-0.25, -0.2) is 13.1 Å². The van der Waals surface area contributed by atoms with Crippen LogP contribution in [0.25, 0.3) is 11.1 Å². The van der Waals surface area contributed by atoms with E-state index in [0.29, 0.717) is 12.1 Å². The van der Waals surface area contributed by atoms with Gasteiger partial charge in [0.25, 0.3) is 10.0 Å². The van der Waals surface area contributed by atoms with E-state index in [1.165, 1.54) is 6.26 Å². The standard InChI is InChI=1S/C12H12BrNO3S/c1-2-14-18(15,16)12-11(6-7-17-12)9-4-3-5-10(13)8-9/h3-8,14H,2H2,1H3. The van der Waals surface area contributed by atoms with E-state index >= 15 is 0 Å². The minimum absolute atomic E-state index is 0.0533. The summed E-state index contributed by atoms with van der Waals surface area (Å²) in [6, 6.07) is 9.04. The summed E-state index contributed by atoms with van der Waals surface area (Å²) in [5, 5.41) is -0.0533. The smallest absolute Gasteiger partial charge is 0.274 e. The van der Waals surface area contributed by atoms with Gasteiger partial charge in [0, 0.05) is 16.6 Å². The van der Waals surface area contributed by atoms with Crippen LogP contribution in [0.4, 0.5) is 0 Å². The molecule has 0 fully saturated rings. The molecular formula is C12H12BrNO3S. The lowest BCUT2D eigenvalue weighted by molar-refractivity contribution is 0.448. The second-order valence-corrected chi connectivity index (χ2v) is 6.22. The van der Waals surface area contributed by atoms with Gasteiger partial charge in [-0.1, -0.05) is 35.0 Å². The second kappa shape index (κ2) is 5.26. The number of rotatable bonds is 4. The van der Waals surface area contributed by atoms with E-state index in [0.717, 1.165) is 10.0 Å². The fourth-order valence-corrected chi connectivity index (χ4v) is 3.20. The van der Waals surface area contributed by atoms with Crippen molar-refractivity contribution in [2.24, 2.45) is 0 Å². The van der Waals surface area contributed by atoms with Crippen LogP contribution >= 0.6 is 15.9 Å². The first-order valence-corrected chi connectivity index (χ1v) is 7.65. The van der Waals surface area contributed by atoms with Crippen LogP contribution in [-0.4, -0.2) is 15.0 Å². The average molecular weight is 330 g/mol. The Morgan fingerprint density at radius 2 is 2.11 bits per heavy atom. The summed E-state index contributed by atoms with van der Waals surface area (Å²) in [7, 11) is -3.59. The third kappa shape index (κ3) is 2.66. The Labute approximate surface area is 114 Å². The van der Waals surface area contributed by atoms with Gasteiger partial charge >= 0.3 is 0 Å². The Bertz CT molecular complexity index is 649. The Hall–Kier alpha value is -1.11. The van der Waals surface area contributed by atoms with Crippen molar-refractivity contribution in [3.63, 3.8) is 0 Å². The number of halogens is 1. The highest BCUT2D eigenvalue weighted by Crippen LogP contribution is 2.29. The molecule has 0 aliphatic rings. The lowest BCUT2D eigenvalue weighted by Gasteiger charge is -2.05. The minimum Gasteiger partial charge on any atom is -0.451 e. The first-order chi connectivity index (χ1) is 8.54. The van der Waals surface area contributed by atoms with Gasteiger partial charge in [-0.15, -0.1) is 0 Å². The topological polar surface area (TPSA) is 59.3 Å². The monoisotopic (exact) mass is 329 g/mol. The first kappa shape index (κ1) is 13.3. The van der Waals surface area contributed by atoms with Crippen LogP contribution in [0.1, 0.15) is 6.92 Å². The zero-order valence-corrected chi connectivity index (χ0v) is 12.1. The van der Waals surface area contributed by atoms with Crippen LogP contribution in [0.2, 0.25) is 0 Å². The number of hydrogen-bond donors (Lipinski definition) is 1. The summed E-state index contributed by atoms with van der Waals surface area (Å²) >= 11 is 3.36. The molecule has 1 heterocycles. The predicted octanol–water partition coefficient (Wildman–Crippen LogP) is 3.01. The zero-order valence-electron chi connectivity index (χ0n) is 9.68. The number of nitrogens with one attached hydrogen (secondary N) is 1. The molecular weight excluding hydrogens is 318 g/mol. The zero-order chi connectivity index (χ0) is 13.2. The Morgan fingerprint density at radius 3 is 2.78 bits per heavy atom. The molecule has 4 nitrogen and oxygen atoms in total. The maximum atomic E-state index is 12.0.